The number of benzene rings is 2. The Morgan fingerprint density at radius 3 is 2.58 bits per heavy atom. The number of fused-ring (bicyclic) bond motifs is 2. The van der Waals surface area contributed by atoms with Crippen LogP contribution in [0.25, 0.3) is 20.8 Å². The predicted molar refractivity (Wildman–Crippen MR) is 151 cm³/mol. The molecule has 4 aromatic rings. The normalized spacial score (nSPS) is 13.4. The molecule has 2 aromatic heterocycles. The van der Waals surface area contributed by atoms with Crippen LogP contribution in [-0.4, -0.2) is 49.5 Å². The van der Waals surface area contributed by atoms with E-state index in [1.807, 2.05) is 24.3 Å². The molecule has 198 valence electrons. The number of amides is 2. The largest absolute Gasteiger partial charge is 0.497 e. The van der Waals surface area contributed by atoms with Crippen molar-refractivity contribution in [2.45, 2.75) is 37.6 Å². The van der Waals surface area contributed by atoms with Crippen molar-refractivity contribution in [1.82, 2.24) is 9.88 Å². The molecule has 8 nitrogen and oxygen atoms in total. The number of sulfone groups is 1. The van der Waals surface area contributed by atoms with Crippen molar-refractivity contribution in [3.63, 3.8) is 0 Å². The Hall–Kier alpha value is -3.28. The van der Waals surface area contributed by atoms with Gasteiger partial charge >= 0.3 is 0 Å². The Bertz CT molecular complexity index is 1570. The van der Waals surface area contributed by atoms with Crippen LogP contribution in [0, 0.1) is 0 Å². The van der Waals surface area contributed by atoms with Crippen molar-refractivity contribution in [3.05, 3.63) is 59.0 Å². The molecule has 3 heterocycles. The highest BCUT2D eigenvalue weighted by molar-refractivity contribution is 7.91. The van der Waals surface area contributed by atoms with Crippen LogP contribution in [0.4, 0.5) is 5.00 Å². The number of hydrogen-bond acceptors (Lipinski definition) is 8. The number of thiophene rings is 1. The fourth-order valence-corrected chi connectivity index (χ4v) is 8.18. The molecule has 0 unspecified atom stereocenters. The molecule has 1 aliphatic heterocycles. The molecule has 11 heteroatoms. The number of rotatable bonds is 8. The fourth-order valence-electron chi connectivity index (χ4n) is 4.48. The molecular weight excluding hydrogens is 543 g/mol. The molecule has 0 bridgehead atoms. The van der Waals surface area contributed by atoms with Crippen molar-refractivity contribution in [1.29, 1.82) is 0 Å². The standard InChI is InChI=1S/C27H27N3O5S3/c1-17(31)30-14-13-20-23(16-30)37-27(25(20)26-28-21-6-3-4-7-22(21)36-26)29-24(32)8-5-15-38(33,34)19-11-9-18(35-2)10-12-19/h3-4,6-7,9-12H,5,8,13-16H2,1-2H3,(H,29,32). The lowest BCUT2D eigenvalue weighted by Gasteiger charge is -2.26. The Kier molecular flexibility index (Phi) is 7.51. The van der Waals surface area contributed by atoms with E-state index in [1.54, 1.807) is 35.3 Å². The number of ether oxygens (including phenoxy) is 1. The van der Waals surface area contributed by atoms with E-state index in [0.717, 1.165) is 31.2 Å². The zero-order valence-corrected chi connectivity index (χ0v) is 23.5. The van der Waals surface area contributed by atoms with Crippen LogP contribution in [-0.2, 0) is 32.4 Å². The van der Waals surface area contributed by atoms with E-state index >= 15 is 0 Å². The van der Waals surface area contributed by atoms with E-state index in [0.29, 0.717) is 30.3 Å². The Morgan fingerprint density at radius 2 is 1.87 bits per heavy atom. The number of anilines is 1. The van der Waals surface area contributed by atoms with Gasteiger partial charge in [0.1, 0.15) is 15.8 Å². The minimum absolute atomic E-state index is 0.0224. The highest BCUT2D eigenvalue weighted by Gasteiger charge is 2.28. The molecule has 0 fully saturated rings. The third-order valence-electron chi connectivity index (χ3n) is 6.50. The van der Waals surface area contributed by atoms with Gasteiger partial charge in [0.25, 0.3) is 0 Å². The van der Waals surface area contributed by atoms with Crippen molar-refractivity contribution < 1.29 is 22.7 Å². The molecule has 0 saturated carbocycles. The second-order valence-corrected chi connectivity index (χ2v) is 13.3. The lowest BCUT2D eigenvalue weighted by Crippen LogP contribution is -2.33. The quantitative estimate of drug-likeness (QED) is 0.315. The van der Waals surface area contributed by atoms with Gasteiger partial charge < -0.3 is 15.0 Å². The van der Waals surface area contributed by atoms with Gasteiger partial charge in [0.15, 0.2) is 9.84 Å². The number of carbonyl (C=O) groups excluding carboxylic acids is 2. The first-order chi connectivity index (χ1) is 18.2. The molecule has 0 atom stereocenters. The average Bonchev–Trinajstić information content (AvgIpc) is 3.48. The van der Waals surface area contributed by atoms with Crippen molar-refractivity contribution in [2.24, 2.45) is 0 Å². The van der Waals surface area contributed by atoms with Gasteiger partial charge in [0, 0.05) is 30.3 Å². The summed E-state index contributed by atoms with van der Waals surface area (Å²) in [6, 6.07) is 14.1. The Balaban J connectivity index is 1.34. The topological polar surface area (TPSA) is 106 Å². The molecule has 2 aromatic carbocycles. The van der Waals surface area contributed by atoms with Crippen molar-refractivity contribution in [3.8, 4) is 16.3 Å². The Morgan fingerprint density at radius 1 is 1.11 bits per heavy atom. The molecule has 0 aliphatic carbocycles. The van der Waals surface area contributed by atoms with Crippen LogP contribution < -0.4 is 10.1 Å². The first-order valence-electron chi connectivity index (χ1n) is 12.2. The second kappa shape index (κ2) is 10.8. The molecule has 38 heavy (non-hydrogen) atoms. The summed E-state index contributed by atoms with van der Waals surface area (Å²) in [5, 5.41) is 4.55. The van der Waals surface area contributed by atoms with Crippen LogP contribution in [0.1, 0.15) is 30.2 Å². The number of para-hydroxylation sites is 1. The maximum atomic E-state index is 13.0. The monoisotopic (exact) mass is 569 g/mol. The molecule has 5 rings (SSSR count). The number of nitrogens with zero attached hydrogens (tertiary/aromatic N) is 2. The number of hydrogen-bond donors (Lipinski definition) is 1. The number of thiazole rings is 1. The van der Waals surface area contributed by atoms with Crippen LogP contribution in [0.2, 0.25) is 0 Å². The lowest BCUT2D eigenvalue weighted by molar-refractivity contribution is -0.129. The van der Waals surface area contributed by atoms with Gasteiger partial charge in [0.2, 0.25) is 11.8 Å². The zero-order valence-electron chi connectivity index (χ0n) is 21.0. The minimum Gasteiger partial charge on any atom is -0.497 e. The number of aromatic nitrogens is 1. The molecule has 0 saturated heterocycles. The summed E-state index contributed by atoms with van der Waals surface area (Å²) >= 11 is 3.04. The average molecular weight is 570 g/mol. The highest BCUT2D eigenvalue weighted by atomic mass is 32.2. The van der Waals surface area contributed by atoms with E-state index in [4.69, 9.17) is 9.72 Å². The molecule has 2 amide bonds. The minimum atomic E-state index is -3.52. The van der Waals surface area contributed by atoms with Crippen molar-refractivity contribution in [2.75, 3.05) is 24.7 Å². The summed E-state index contributed by atoms with van der Waals surface area (Å²) in [4.78, 5) is 32.8. The van der Waals surface area contributed by atoms with Crippen LogP contribution >= 0.6 is 22.7 Å². The summed E-state index contributed by atoms with van der Waals surface area (Å²) in [5.74, 6) is 0.220. The van der Waals surface area contributed by atoms with Gasteiger partial charge in [-0.2, -0.15) is 0 Å². The van der Waals surface area contributed by atoms with Gasteiger partial charge in [-0.1, -0.05) is 12.1 Å². The third-order valence-corrected chi connectivity index (χ3v) is 10.5. The number of methoxy groups -OCH3 is 1. The lowest BCUT2D eigenvalue weighted by atomic mass is 10.0. The second-order valence-electron chi connectivity index (χ2n) is 9.03. The van der Waals surface area contributed by atoms with E-state index in [1.165, 1.54) is 30.6 Å². The number of carbonyl (C=O) groups is 2. The SMILES string of the molecule is COc1ccc(S(=O)(=O)CCCC(=O)Nc2sc3c(c2-c2nc4ccccc4s2)CCN(C(C)=O)C3)cc1. The summed E-state index contributed by atoms with van der Waals surface area (Å²) in [6.07, 6.45) is 0.948. The summed E-state index contributed by atoms with van der Waals surface area (Å²) < 4.78 is 31.6. The first-order valence-corrected chi connectivity index (χ1v) is 15.5. The zero-order chi connectivity index (χ0) is 26.9. The van der Waals surface area contributed by atoms with Gasteiger partial charge in [0.05, 0.1) is 34.5 Å². The predicted octanol–water partition coefficient (Wildman–Crippen LogP) is 5.13. The summed E-state index contributed by atoms with van der Waals surface area (Å²) in [7, 11) is -1.99. The summed E-state index contributed by atoms with van der Waals surface area (Å²) in [5.41, 5.74) is 2.92. The molecule has 1 N–H and O–H groups in total. The molecule has 1 aliphatic rings. The van der Waals surface area contributed by atoms with E-state index in [-0.39, 0.29) is 35.3 Å². The maximum Gasteiger partial charge on any atom is 0.225 e. The van der Waals surface area contributed by atoms with Crippen LogP contribution in [0.3, 0.4) is 0 Å². The van der Waals surface area contributed by atoms with E-state index < -0.39 is 9.84 Å². The molecule has 0 spiro atoms. The van der Waals surface area contributed by atoms with Gasteiger partial charge in [-0.25, -0.2) is 13.4 Å². The molecule has 0 radical (unpaired) electrons. The van der Waals surface area contributed by atoms with Gasteiger partial charge in [-0.05, 0) is 54.8 Å². The number of nitrogens with one attached hydrogen (secondary N) is 1. The van der Waals surface area contributed by atoms with Gasteiger partial charge in [-0.15, -0.1) is 22.7 Å². The fraction of sp³-hybridized carbons (Fsp3) is 0.296. The molecular formula is C27H27N3O5S3. The summed E-state index contributed by atoms with van der Waals surface area (Å²) in [6.45, 7) is 2.69. The Labute approximate surface area is 229 Å². The smallest absolute Gasteiger partial charge is 0.225 e. The maximum absolute atomic E-state index is 13.0. The highest BCUT2D eigenvalue weighted by Crippen LogP contribution is 2.45. The van der Waals surface area contributed by atoms with Crippen LogP contribution in [0.15, 0.2) is 53.4 Å². The van der Waals surface area contributed by atoms with Crippen LogP contribution in [0.5, 0.6) is 5.75 Å². The first kappa shape index (κ1) is 26.3. The van der Waals surface area contributed by atoms with Gasteiger partial charge in [-0.3, -0.25) is 9.59 Å². The third kappa shape index (κ3) is 5.45. The van der Waals surface area contributed by atoms with Crippen molar-refractivity contribution >= 4 is 59.5 Å². The van der Waals surface area contributed by atoms with E-state index in [9.17, 15) is 18.0 Å². The van der Waals surface area contributed by atoms with E-state index in [2.05, 4.69) is 5.32 Å².